The molecule has 0 radical (unpaired) electrons. The van der Waals surface area contributed by atoms with Crippen LogP contribution < -0.4 is 5.32 Å². The van der Waals surface area contributed by atoms with E-state index in [9.17, 15) is 18.3 Å². The fraction of sp³-hybridized carbons (Fsp3) is 0.500. The van der Waals surface area contributed by atoms with E-state index in [1.165, 1.54) is 0 Å². The molecule has 1 saturated heterocycles. The molecule has 18 heavy (non-hydrogen) atoms. The van der Waals surface area contributed by atoms with Crippen molar-refractivity contribution in [3.05, 3.63) is 35.1 Å². The van der Waals surface area contributed by atoms with Crippen LogP contribution in [0, 0.1) is 17.5 Å². The first-order valence-electron chi connectivity index (χ1n) is 5.65. The lowest BCUT2D eigenvalue weighted by molar-refractivity contribution is 0.00106. The lowest BCUT2D eigenvalue weighted by Gasteiger charge is -2.33. The average molecular weight is 261 g/mol. The Balaban J connectivity index is 2.21. The molecule has 1 aliphatic rings. The van der Waals surface area contributed by atoms with Gasteiger partial charge in [-0.05, 0) is 24.6 Å². The molecule has 0 spiro atoms. The van der Waals surface area contributed by atoms with Crippen LogP contribution in [0.1, 0.15) is 18.5 Å². The Kier molecular flexibility index (Phi) is 3.89. The van der Waals surface area contributed by atoms with E-state index >= 15 is 0 Å². The second-order valence-electron chi connectivity index (χ2n) is 4.40. The number of aliphatic hydroxyl groups excluding tert-OH is 1. The van der Waals surface area contributed by atoms with Crippen molar-refractivity contribution < 1.29 is 23.0 Å². The first kappa shape index (κ1) is 13.3. The second kappa shape index (κ2) is 5.26. The van der Waals surface area contributed by atoms with Crippen LogP contribution in [-0.2, 0) is 4.74 Å². The van der Waals surface area contributed by atoms with Gasteiger partial charge in [-0.15, -0.1) is 0 Å². The normalized spacial score (nSPS) is 26.1. The van der Waals surface area contributed by atoms with Gasteiger partial charge in [-0.3, -0.25) is 0 Å². The van der Waals surface area contributed by atoms with Gasteiger partial charge in [-0.25, -0.2) is 13.2 Å². The number of hydrogen-bond donors (Lipinski definition) is 2. The van der Waals surface area contributed by atoms with Gasteiger partial charge in [0.15, 0.2) is 17.5 Å². The van der Waals surface area contributed by atoms with Crippen molar-refractivity contribution in [3.8, 4) is 0 Å². The van der Waals surface area contributed by atoms with Gasteiger partial charge in [0.05, 0.1) is 31.4 Å². The summed E-state index contributed by atoms with van der Waals surface area (Å²) >= 11 is 0. The van der Waals surface area contributed by atoms with E-state index < -0.39 is 29.6 Å². The number of aliphatic hydroxyl groups is 1. The molecule has 1 aliphatic heterocycles. The number of rotatable bonds is 2. The molecule has 1 aromatic rings. The Morgan fingerprint density at radius 1 is 1.28 bits per heavy atom. The maximum atomic E-state index is 13.1. The summed E-state index contributed by atoms with van der Waals surface area (Å²) < 4.78 is 44.3. The third-order valence-corrected chi connectivity index (χ3v) is 2.99. The highest BCUT2D eigenvalue weighted by molar-refractivity contribution is 5.23. The molecule has 2 rings (SSSR count). The van der Waals surface area contributed by atoms with Crippen molar-refractivity contribution in [1.29, 1.82) is 0 Å². The summed E-state index contributed by atoms with van der Waals surface area (Å²) in [5.74, 6) is -3.94. The number of morpholine rings is 1. The highest BCUT2D eigenvalue weighted by Crippen LogP contribution is 2.22. The molecular formula is C12H14F3NO2. The Morgan fingerprint density at radius 3 is 2.44 bits per heavy atom. The molecule has 0 bridgehead atoms. The molecule has 0 aliphatic carbocycles. The SMILES string of the molecule is C[C@@H](O)[C@H]1COC[C@@H](c2cc(F)c(F)c(F)c2)N1. The lowest BCUT2D eigenvalue weighted by Crippen LogP contribution is -2.49. The summed E-state index contributed by atoms with van der Waals surface area (Å²) in [5, 5.41) is 12.5. The van der Waals surface area contributed by atoms with Crippen LogP contribution in [0.25, 0.3) is 0 Å². The van der Waals surface area contributed by atoms with Crippen molar-refractivity contribution in [1.82, 2.24) is 5.32 Å². The van der Waals surface area contributed by atoms with Gasteiger partial charge in [0, 0.05) is 0 Å². The fourth-order valence-electron chi connectivity index (χ4n) is 1.91. The predicted octanol–water partition coefficient (Wildman–Crippen LogP) is 1.51. The van der Waals surface area contributed by atoms with Gasteiger partial charge in [-0.2, -0.15) is 0 Å². The van der Waals surface area contributed by atoms with Crippen LogP contribution in [0.3, 0.4) is 0 Å². The highest BCUT2D eigenvalue weighted by atomic mass is 19.2. The molecule has 100 valence electrons. The predicted molar refractivity (Wildman–Crippen MR) is 58.5 cm³/mol. The highest BCUT2D eigenvalue weighted by Gasteiger charge is 2.27. The van der Waals surface area contributed by atoms with Crippen LogP contribution in [0.2, 0.25) is 0 Å². The number of ether oxygens (including phenoxy) is 1. The van der Waals surface area contributed by atoms with E-state index in [0.29, 0.717) is 6.61 Å². The van der Waals surface area contributed by atoms with E-state index in [4.69, 9.17) is 4.74 Å². The van der Waals surface area contributed by atoms with Crippen LogP contribution in [0.4, 0.5) is 13.2 Å². The maximum Gasteiger partial charge on any atom is 0.194 e. The van der Waals surface area contributed by atoms with Crippen molar-refractivity contribution in [2.45, 2.75) is 25.1 Å². The largest absolute Gasteiger partial charge is 0.392 e. The number of nitrogens with one attached hydrogen (secondary N) is 1. The molecule has 6 heteroatoms. The molecule has 0 aromatic heterocycles. The molecule has 0 unspecified atom stereocenters. The summed E-state index contributed by atoms with van der Waals surface area (Å²) in [5.41, 5.74) is 0.261. The van der Waals surface area contributed by atoms with Crippen molar-refractivity contribution in [2.24, 2.45) is 0 Å². The monoisotopic (exact) mass is 261 g/mol. The molecule has 0 saturated carbocycles. The van der Waals surface area contributed by atoms with E-state index in [2.05, 4.69) is 5.32 Å². The maximum absolute atomic E-state index is 13.1. The zero-order valence-electron chi connectivity index (χ0n) is 9.79. The molecule has 1 heterocycles. The molecule has 0 amide bonds. The summed E-state index contributed by atoms with van der Waals surface area (Å²) in [6, 6.07) is 1.08. The first-order valence-corrected chi connectivity index (χ1v) is 5.65. The third kappa shape index (κ3) is 2.66. The number of hydrogen-bond acceptors (Lipinski definition) is 3. The van der Waals surface area contributed by atoms with Gasteiger partial charge in [-0.1, -0.05) is 0 Å². The fourth-order valence-corrected chi connectivity index (χ4v) is 1.91. The van der Waals surface area contributed by atoms with Crippen LogP contribution in [0.15, 0.2) is 12.1 Å². The van der Waals surface area contributed by atoms with Crippen molar-refractivity contribution in [3.63, 3.8) is 0 Å². The Morgan fingerprint density at radius 2 is 1.89 bits per heavy atom. The van der Waals surface area contributed by atoms with Crippen LogP contribution in [-0.4, -0.2) is 30.5 Å². The minimum Gasteiger partial charge on any atom is -0.392 e. The Bertz CT molecular complexity index is 416. The molecule has 3 atom stereocenters. The van der Waals surface area contributed by atoms with Crippen LogP contribution in [0.5, 0.6) is 0 Å². The van der Waals surface area contributed by atoms with Gasteiger partial charge >= 0.3 is 0 Å². The van der Waals surface area contributed by atoms with Gasteiger partial charge in [0.25, 0.3) is 0 Å². The Labute approximate surface area is 103 Å². The minimum atomic E-state index is -1.48. The van der Waals surface area contributed by atoms with Crippen molar-refractivity contribution >= 4 is 0 Å². The molecule has 1 fully saturated rings. The van der Waals surface area contributed by atoms with Crippen molar-refractivity contribution in [2.75, 3.05) is 13.2 Å². The summed E-state index contributed by atoms with van der Waals surface area (Å²) in [4.78, 5) is 0. The zero-order chi connectivity index (χ0) is 13.3. The van der Waals surface area contributed by atoms with E-state index in [1.54, 1.807) is 6.92 Å². The standard InChI is InChI=1S/C12H14F3NO2/c1-6(17)10-4-18-5-11(16-10)7-2-8(13)12(15)9(14)3-7/h2-3,6,10-11,16-17H,4-5H2,1H3/t6-,10-,11+/m1/s1. The first-order chi connectivity index (χ1) is 8.49. The van der Waals surface area contributed by atoms with E-state index in [1.807, 2.05) is 0 Å². The zero-order valence-corrected chi connectivity index (χ0v) is 9.79. The second-order valence-corrected chi connectivity index (χ2v) is 4.40. The summed E-state index contributed by atoms with van der Waals surface area (Å²) in [6.07, 6.45) is -0.650. The summed E-state index contributed by atoms with van der Waals surface area (Å²) in [7, 11) is 0. The summed E-state index contributed by atoms with van der Waals surface area (Å²) in [6.45, 7) is 2.13. The topological polar surface area (TPSA) is 41.5 Å². The van der Waals surface area contributed by atoms with Gasteiger partial charge in [0.1, 0.15) is 0 Å². The van der Waals surface area contributed by atoms with Gasteiger partial charge < -0.3 is 15.2 Å². The van der Waals surface area contributed by atoms with Crippen LogP contribution >= 0.6 is 0 Å². The molecule has 2 N–H and O–H groups in total. The lowest BCUT2D eigenvalue weighted by atomic mass is 10.0. The third-order valence-electron chi connectivity index (χ3n) is 2.99. The molecule has 3 nitrogen and oxygen atoms in total. The molecular weight excluding hydrogens is 247 g/mol. The quantitative estimate of drug-likeness (QED) is 0.793. The van der Waals surface area contributed by atoms with Gasteiger partial charge in [0.2, 0.25) is 0 Å². The average Bonchev–Trinajstić information content (AvgIpc) is 2.35. The number of benzene rings is 1. The molecule has 1 aromatic carbocycles. The smallest absolute Gasteiger partial charge is 0.194 e. The minimum absolute atomic E-state index is 0.216. The van der Waals surface area contributed by atoms with E-state index in [-0.39, 0.29) is 18.2 Å². The Hall–Kier alpha value is -1.11. The van der Waals surface area contributed by atoms with E-state index in [0.717, 1.165) is 12.1 Å². The number of halogens is 3.